The Morgan fingerprint density at radius 2 is 1.89 bits per heavy atom. The van der Waals surface area contributed by atoms with Gasteiger partial charge in [-0.05, 0) is 73.8 Å². The van der Waals surface area contributed by atoms with E-state index in [0.717, 1.165) is 42.9 Å². The molecule has 8 nitrogen and oxygen atoms in total. The fourth-order valence-electron chi connectivity index (χ4n) is 5.57. The number of rotatable bonds is 7. The molecule has 9 heteroatoms. The van der Waals surface area contributed by atoms with E-state index >= 15 is 0 Å². The summed E-state index contributed by atoms with van der Waals surface area (Å²) in [7, 11) is 5.31. The predicted molar refractivity (Wildman–Crippen MR) is 141 cm³/mol. The number of nitrogens with one attached hydrogen (secondary N) is 2. The van der Waals surface area contributed by atoms with Gasteiger partial charge in [0, 0.05) is 54.1 Å². The van der Waals surface area contributed by atoms with Crippen LogP contribution in [0.5, 0.6) is 11.5 Å². The minimum atomic E-state index is -0.192. The largest absolute Gasteiger partial charge is 0.493 e. The molecule has 3 aromatic rings. The molecule has 1 unspecified atom stereocenters. The molecule has 190 valence electrons. The van der Waals surface area contributed by atoms with Crippen LogP contribution < -0.4 is 20.1 Å². The molecule has 3 saturated heterocycles. The first kappa shape index (κ1) is 24.5. The van der Waals surface area contributed by atoms with Gasteiger partial charge in [0.05, 0.1) is 19.9 Å². The summed E-state index contributed by atoms with van der Waals surface area (Å²) in [5, 5.41) is 11.4. The van der Waals surface area contributed by atoms with Crippen LogP contribution >= 0.6 is 11.6 Å². The Morgan fingerprint density at radius 3 is 2.58 bits per heavy atom. The van der Waals surface area contributed by atoms with Gasteiger partial charge in [-0.15, -0.1) is 0 Å². The number of benzene rings is 2. The Kier molecular flexibility index (Phi) is 7.07. The number of anilines is 1. The van der Waals surface area contributed by atoms with Crippen LogP contribution in [0.2, 0.25) is 5.02 Å². The Balaban J connectivity index is 1.22. The molecule has 2 aromatic carbocycles. The number of nitrogens with zero attached hydrogens (tertiary/aromatic N) is 3. The predicted octanol–water partition coefficient (Wildman–Crippen LogP) is 4.76. The molecule has 4 heterocycles. The van der Waals surface area contributed by atoms with Crippen LogP contribution in [0.15, 0.2) is 48.5 Å². The van der Waals surface area contributed by atoms with Crippen LogP contribution in [0.4, 0.5) is 10.5 Å². The lowest BCUT2D eigenvalue weighted by Gasteiger charge is -2.49. The third-order valence-electron chi connectivity index (χ3n) is 7.45. The van der Waals surface area contributed by atoms with E-state index in [9.17, 15) is 4.79 Å². The summed E-state index contributed by atoms with van der Waals surface area (Å²) in [6.07, 6.45) is 2.22. The fraction of sp³-hybridized carbons (Fsp3) is 0.407. The zero-order valence-electron chi connectivity index (χ0n) is 20.8. The number of aromatic nitrogens is 2. The molecule has 0 saturated carbocycles. The molecule has 4 atom stereocenters. The summed E-state index contributed by atoms with van der Waals surface area (Å²) in [6, 6.07) is 15.4. The van der Waals surface area contributed by atoms with Crippen molar-refractivity contribution >= 4 is 23.3 Å². The van der Waals surface area contributed by atoms with Crippen molar-refractivity contribution in [3.05, 3.63) is 59.2 Å². The number of hydrogen-bond donors (Lipinski definition) is 2. The van der Waals surface area contributed by atoms with Gasteiger partial charge in [-0.25, -0.2) is 4.79 Å². The number of aryl methyl sites for hydroxylation is 1. The lowest BCUT2D eigenvalue weighted by atomic mass is 9.74. The number of hydrogen-bond acceptors (Lipinski definition) is 5. The fourth-order valence-corrected chi connectivity index (χ4v) is 5.70. The molecule has 0 radical (unpaired) electrons. The molecule has 6 rings (SSSR count). The summed E-state index contributed by atoms with van der Waals surface area (Å²) >= 11 is 5.92. The van der Waals surface area contributed by atoms with E-state index in [1.165, 1.54) is 5.69 Å². The van der Waals surface area contributed by atoms with Crippen LogP contribution in [-0.4, -0.2) is 60.6 Å². The molecule has 1 aromatic heterocycles. The van der Waals surface area contributed by atoms with Crippen molar-refractivity contribution in [3.63, 3.8) is 0 Å². The average Bonchev–Trinajstić information content (AvgIpc) is 3.30. The molecule has 2 bridgehead atoms. The van der Waals surface area contributed by atoms with Crippen LogP contribution in [-0.2, 0) is 7.05 Å². The maximum Gasteiger partial charge on any atom is 0.319 e. The average molecular weight is 510 g/mol. The minimum Gasteiger partial charge on any atom is -0.493 e. The van der Waals surface area contributed by atoms with Gasteiger partial charge in [-0.1, -0.05) is 11.6 Å². The van der Waals surface area contributed by atoms with Crippen LogP contribution in [0, 0.1) is 5.92 Å². The first-order valence-electron chi connectivity index (χ1n) is 12.3. The third kappa shape index (κ3) is 5.01. The monoisotopic (exact) mass is 509 g/mol. The highest BCUT2D eigenvalue weighted by Crippen LogP contribution is 2.42. The standard InChI is InChI=1S/C27H32ClN5O3/c1-32-24(14-23(31-32)18-4-9-25(35-2)26(13-18)36-3)22-16-33-11-10-17(22)12-21(33)15-29-27(34)30-20-7-5-19(28)6-8-20/h4-9,13-14,17,21-22H,10-12,15-16H2,1-3H3,(H2,29,30,34)/t17-,21+,22-/m0/s1. The maximum atomic E-state index is 12.4. The number of urea groups is 1. The van der Waals surface area contributed by atoms with Crippen LogP contribution in [0.25, 0.3) is 11.3 Å². The second-order valence-electron chi connectivity index (χ2n) is 9.53. The van der Waals surface area contributed by atoms with E-state index in [0.29, 0.717) is 40.9 Å². The third-order valence-corrected chi connectivity index (χ3v) is 7.71. The highest BCUT2D eigenvalue weighted by Gasteiger charge is 2.41. The highest BCUT2D eigenvalue weighted by atomic mass is 35.5. The van der Waals surface area contributed by atoms with E-state index in [4.69, 9.17) is 26.2 Å². The maximum absolute atomic E-state index is 12.4. The van der Waals surface area contributed by atoms with Crippen molar-refractivity contribution in [1.82, 2.24) is 20.0 Å². The van der Waals surface area contributed by atoms with Crippen LogP contribution in [0.1, 0.15) is 24.5 Å². The van der Waals surface area contributed by atoms with Crippen molar-refractivity contribution in [2.45, 2.75) is 24.8 Å². The van der Waals surface area contributed by atoms with Crippen molar-refractivity contribution in [1.29, 1.82) is 0 Å². The summed E-state index contributed by atoms with van der Waals surface area (Å²) in [6.45, 7) is 2.67. The van der Waals surface area contributed by atoms with E-state index in [1.807, 2.05) is 29.9 Å². The number of fused-ring (bicyclic) bond motifs is 3. The topological polar surface area (TPSA) is 80.7 Å². The summed E-state index contributed by atoms with van der Waals surface area (Å²) < 4.78 is 12.9. The molecule has 3 aliphatic heterocycles. The normalized spacial score (nSPS) is 22.8. The van der Waals surface area contributed by atoms with Gasteiger partial charge in [0.2, 0.25) is 0 Å². The molecule has 2 N–H and O–H groups in total. The summed E-state index contributed by atoms with van der Waals surface area (Å²) in [5.74, 6) is 2.39. The van der Waals surface area contributed by atoms with Gasteiger partial charge >= 0.3 is 6.03 Å². The Labute approximate surface area is 216 Å². The number of carbonyl (C=O) groups excluding carboxylic acids is 1. The Bertz CT molecular complexity index is 1230. The highest BCUT2D eigenvalue weighted by molar-refractivity contribution is 6.30. The van der Waals surface area contributed by atoms with Gasteiger partial charge < -0.3 is 20.1 Å². The first-order chi connectivity index (χ1) is 17.4. The van der Waals surface area contributed by atoms with E-state index in [-0.39, 0.29) is 6.03 Å². The Morgan fingerprint density at radius 1 is 1.11 bits per heavy atom. The number of halogens is 1. The van der Waals surface area contributed by atoms with Crippen LogP contribution in [0.3, 0.4) is 0 Å². The van der Waals surface area contributed by atoms with Gasteiger partial charge in [-0.3, -0.25) is 9.58 Å². The first-order valence-corrected chi connectivity index (χ1v) is 12.6. The molecule has 3 aliphatic rings. The van der Waals surface area contributed by atoms with Gasteiger partial charge in [0.25, 0.3) is 0 Å². The summed E-state index contributed by atoms with van der Waals surface area (Å²) in [5.41, 5.74) is 3.91. The number of ether oxygens (including phenoxy) is 2. The molecular formula is C27H32ClN5O3. The molecule has 2 amide bonds. The SMILES string of the molecule is COc1ccc(-c2cc([C@H]3CN4CC[C@H]3C[C@@H]4CNC(=O)Nc3ccc(Cl)cc3)n(C)n2)cc1OC. The van der Waals surface area contributed by atoms with Gasteiger partial charge in [0.15, 0.2) is 11.5 Å². The van der Waals surface area contributed by atoms with Crippen molar-refractivity contribution in [2.75, 3.05) is 39.2 Å². The number of methoxy groups -OCH3 is 2. The summed E-state index contributed by atoms with van der Waals surface area (Å²) in [4.78, 5) is 14.9. The molecule has 36 heavy (non-hydrogen) atoms. The van der Waals surface area contributed by atoms with E-state index < -0.39 is 0 Å². The molecule has 3 fully saturated rings. The second-order valence-corrected chi connectivity index (χ2v) is 9.97. The lowest BCUT2D eigenvalue weighted by molar-refractivity contribution is 0.0296. The zero-order chi connectivity index (χ0) is 25.2. The van der Waals surface area contributed by atoms with Crippen molar-refractivity contribution in [3.8, 4) is 22.8 Å². The van der Waals surface area contributed by atoms with Crippen molar-refractivity contribution in [2.24, 2.45) is 13.0 Å². The number of piperidine rings is 3. The molecule has 0 aliphatic carbocycles. The second kappa shape index (κ2) is 10.4. The minimum absolute atomic E-state index is 0.192. The number of amides is 2. The quantitative estimate of drug-likeness (QED) is 0.480. The number of carbonyl (C=O) groups is 1. The Hall–Kier alpha value is -3.23. The molecular weight excluding hydrogens is 478 g/mol. The van der Waals surface area contributed by atoms with Crippen molar-refractivity contribution < 1.29 is 14.3 Å². The van der Waals surface area contributed by atoms with E-state index in [1.54, 1.807) is 38.5 Å². The smallest absolute Gasteiger partial charge is 0.319 e. The lowest BCUT2D eigenvalue weighted by Crippen LogP contribution is -2.56. The molecule has 0 spiro atoms. The van der Waals surface area contributed by atoms with E-state index in [2.05, 4.69) is 21.6 Å². The zero-order valence-corrected chi connectivity index (χ0v) is 21.6. The van der Waals surface area contributed by atoms with Gasteiger partial charge in [0.1, 0.15) is 0 Å². The van der Waals surface area contributed by atoms with Gasteiger partial charge in [-0.2, -0.15) is 5.10 Å².